The van der Waals surface area contributed by atoms with Crippen LogP contribution in [0, 0.1) is 0 Å². The van der Waals surface area contributed by atoms with Crippen LogP contribution < -0.4 is 16.0 Å². The maximum absolute atomic E-state index is 5.75. The van der Waals surface area contributed by atoms with E-state index in [1.54, 1.807) is 6.20 Å². The van der Waals surface area contributed by atoms with Gasteiger partial charge in [-0.05, 0) is 19.4 Å². The molecule has 5 heteroatoms. The van der Waals surface area contributed by atoms with Crippen LogP contribution in [-0.2, 0) is 0 Å². The molecule has 0 amide bonds. The largest absolute Gasteiger partial charge is 0.363 e. The Kier molecular flexibility index (Phi) is 4.06. The third-order valence-corrected chi connectivity index (χ3v) is 2.70. The van der Waals surface area contributed by atoms with Crippen LogP contribution in [0.5, 0.6) is 0 Å². The number of nitrogens with two attached hydrogens (primary N) is 1. The summed E-state index contributed by atoms with van der Waals surface area (Å²) in [6.45, 7) is 4.77. The minimum atomic E-state index is -0.113. The van der Waals surface area contributed by atoms with Gasteiger partial charge < -0.3 is 16.0 Å². The lowest BCUT2D eigenvalue weighted by Gasteiger charge is -2.28. The van der Waals surface area contributed by atoms with Gasteiger partial charge in [0.15, 0.2) is 0 Å². The summed E-state index contributed by atoms with van der Waals surface area (Å²) in [4.78, 5) is 10.4. The standard InChI is InChI=1S/C11H21N5/c1-5-11(2,8-12)15-9-6-7-13-10(14-9)16(3)4/h6-7H,5,8,12H2,1-4H3,(H,13,14,15). The molecule has 0 aromatic carbocycles. The van der Waals surface area contributed by atoms with E-state index in [1.165, 1.54) is 0 Å². The molecule has 90 valence electrons. The molecule has 0 aliphatic heterocycles. The summed E-state index contributed by atoms with van der Waals surface area (Å²) in [6, 6.07) is 1.86. The van der Waals surface area contributed by atoms with Crippen molar-refractivity contribution in [3.8, 4) is 0 Å². The summed E-state index contributed by atoms with van der Waals surface area (Å²) in [5.41, 5.74) is 5.63. The average Bonchev–Trinajstić information content (AvgIpc) is 2.29. The van der Waals surface area contributed by atoms with Crippen LogP contribution in [0.15, 0.2) is 12.3 Å². The van der Waals surface area contributed by atoms with E-state index in [-0.39, 0.29) is 5.54 Å². The van der Waals surface area contributed by atoms with Crippen molar-refractivity contribution in [3.05, 3.63) is 12.3 Å². The molecule has 0 aliphatic carbocycles. The second-order valence-corrected chi connectivity index (χ2v) is 4.38. The molecule has 0 saturated heterocycles. The summed E-state index contributed by atoms with van der Waals surface area (Å²) in [5.74, 6) is 1.51. The molecule has 1 aromatic rings. The van der Waals surface area contributed by atoms with E-state index < -0.39 is 0 Å². The van der Waals surface area contributed by atoms with E-state index in [0.717, 1.165) is 12.2 Å². The zero-order valence-electron chi connectivity index (χ0n) is 10.5. The van der Waals surface area contributed by atoms with Crippen molar-refractivity contribution in [1.82, 2.24) is 9.97 Å². The van der Waals surface area contributed by atoms with E-state index in [0.29, 0.717) is 12.5 Å². The van der Waals surface area contributed by atoms with Gasteiger partial charge in [0.1, 0.15) is 5.82 Å². The van der Waals surface area contributed by atoms with Crippen LogP contribution in [0.4, 0.5) is 11.8 Å². The van der Waals surface area contributed by atoms with Gasteiger partial charge in [-0.2, -0.15) is 4.98 Å². The van der Waals surface area contributed by atoms with Crippen molar-refractivity contribution in [2.24, 2.45) is 5.73 Å². The third kappa shape index (κ3) is 3.06. The van der Waals surface area contributed by atoms with Crippen molar-refractivity contribution in [2.45, 2.75) is 25.8 Å². The van der Waals surface area contributed by atoms with Crippen LogP contribution in [0.25, 0.3) is 0 Å². The molecule has 0 radical (unpaired) electrons. The lowest BCUT2D eigenvalue weighted by Crippen LogP contribution is -2.42. The molecule has 0 saturated carbocycles. The quantitative estimate of drug-likeness (QED) is 0.782. The smallest absolute Gasteiger partial charge is 0.226 e. The Hall–Kier alpha value is -1.36. The molecular weight excluding hydrogens is 202 g/mol. The average molecular weight is 223 g/mol. The van der Waals surface area contributed by atoms with Gasteiger partial charge in [0, 0.05) is 32.4 Å². The molecule has 3 N–H and O–H groups in total. The van der Waals surface area contributed by atoms with E-state index in [1.807, 2.05) is 25.1 Å². The van der Waals surface area contributed by atoms with Gasteiger partial charge in [0.25, 0.3) is 0 Å². The summed E-state index contributed by atoms with van der Waals surface area (Å²) in [5, 5.41) is 3.35. The zero-order chi connectivity index (χ0) is 12.2. The number of rotatable bonds is 5. The molecule has 16 heavy (non-hydrogen) atoms. The molecule has 5 nitrogen and oxygen atoms in total. The van der Waals surface area contributed by atoms with E-state index in [9.17, 15) is 0 Å². The van der Waals surface area contributed by atoms with E-state index in [2.05, 4.69) is 29.1 Å². The topological polar surface area (TPSA) is 67.1 Å². The first-order valence-corrected chi connectivity index (χ1v) is 5.49. The molecular formula is C11H21N5. The summed E-state index contributed by atoms with van der Waals surface area (Å²) in [6.07, 6.45) is 2.70. The number of nitrogens with zero attached hydrogens (tertiary/aromatic N) is 3. The molecule has 0 bridgehead atoms. The SMILES string of the molecule is CCC(C)(CN)Nc1ccnc(N(C)C)n1. The van der Waals surface area contributed by atoms with Crippen molar-refractivity contribution < 1.29 is 0 Å². The van der Waals surface area contributed by atoms with Crippen LogP contribution in [0.3, 0.4) is 0 Å². The van der Waals surface area contributed by atoms with Gasteiger partial charge in [-0.15, -0.1) is 0 Å². The fraction of sp³-hybridized carbons (Fsp3) is 0.636. The summed E-state index contributed by atoms with van der Waals surface area (Å²) < 4.78 is 0. The Morgan fingerprint density at radius 2 is 2.19 bits per heavy atom. The van der Waals surface area contributed by atoms with Crippen molar-refractivity contribution in [2.75, 3.05) is 30.9 Å². The molecule has 0 fully saturated rings. The lowest BCUT2D eigenvalue weighted by atomic mass is 9.99. The van der Waals surface area contributed by atoms with Crippen molar-refractivity contribution in [1.29, 1.82) is 0 Å². The van der Waals surface area contributed by atoms with Crippen LogP contribution in [-0.4, -0.2) is 36.1 Å². The maximum Gasteiger partial charge on any atom is 0.226 e. The summed E-state index contributed by atoms with van der Waals surface area (Å²) in [7, 11) is 3.84. The van der Waals surface area contributed by atoms with Crippen molar-refractivity contribution >= 4 is 11.8 Å². The van der Waals surface area contributed by atoms with Gasteiger partial charge in [-0.1, -0.05) is 6.92 Å². The van der Waals surface area contributed by atoms with Crippen molar-refractivity contribution in [3.63, 3.8) is 0 Å². The number of anilines is 2. The minimum absolute atomic E-state index is 0.113. The second kappa shape index (κ2) is 5.12. The Morgan fingerprint density at radius 3 is 2.69 bits per heavy atom. The number of aromatic nitrogens is 2. The predicted octanol–water partition coefficient (Wildman–Crippen LogP) is 1.08. The van der Waals surface area contributed by atoms with Gasteiger partial charge in [0.05, 0.1) is 0 Å². The second-order valence-electron chi connectivity index (χ2n) is 4.38. The third-order valence-electron chi connectivity index (χ3n) is 2.70. The Bertz CT molecular complexity index is 333. The normalized spacial score (nSPS) is 14.3. The lowest BCUT2D eigenvalue weighted by molar-refractivity contribution is 0.504. The molecule has 1 rings (SSSR count). The fourth-order valence-electron chi connectivity index (χ4n) is 1.23. The molecule has 1 atom stereocenters. The van der Waals surface area contributed by atoms with E-state index in [4.69, 9.17) is 5.73 Å². The van der Waals surface area contributed by atoms with Crippen LogP contribution >= 0.6 is 0 Å². The highest BCUT2D eigenvalue weighted by molar-refractivity contribution is 5.42. The highest BCUT2D eigenvalue weighted by Crippen LogP contribution is 2.16. The Labute approximate surface area is 97.1 Å². The highest BCUT2D eigenvalue weighted by atomic mass is 15.2. The molecule has 1 aromatic heterocycles. The number of nitrogens with one attached hydrogen (secondary N) is 1. The zero-order valence-corrected chi connectivity index (χ0v) is 10.5. The fourth-order valence-corrected chi connectivity index (χ4v) is 1.23. The molecule has 1 unspecified atom stereocenters. The predicted molar refractivity (Wildman–Crippen MR) is 67.7 cm³/mol. The Morgan fingerprint density at radius 1 is 1.50 bits per heavy atom. The molecule has 1 heterocycles. The first-order chi connectivity index (χ1) is 7.50. The molecule has 0 aliphatic rings. The highest BCUT2D eigenvalue weighted by Gasteiger charge is 2.20. The molecule has 0 spiro atoms. The number of hydrogen-bond acceptors (Lipinski definition) is 5. The Balaban J connectivity index is 2.85. The van der Waals surface area contributed by atoms with Crippen LogP contribution in [0.1, 0.15) is 20.3 Å². The van der Waals surface area contributed by atoms with Gasteiger partial charge >= 0.3 is 0 Å². The van der Waals surface area contributed by atoms with E-state index >= 15 is 0 Å². The minimum Gasteiger partial charge on any atom is -0.363 e. The summed E-state index contributed by atoms with van der Waals surface area (Å²) >= 11 is 0. The first kappa shape index (κ1) is 12.7. The number of hydrogen-bond donors (Lipinski definition) is 2. The monoisotopic (exact) mass is 223 g/mol. The van der Waals surface area contributed by atoms with Gasteiger partial charge in [-0.3, -0.25) is 0 Å². The van der Waals surface area contributed by atoms with Gasteiger partial charge in [-0.25, -0.2) is 4.98 Å². The first-order valence-electron chi connectivity index (χ1n) is 5.49. The van der Waals surface area contributed by atoms with Gasteiger partial charge in [0.2, 0.25) is 5.95 Å². The maximum atomic E-state index is 5.75. The van der Waals surface area contributed by atoms with Crippen LogP contribution in [0.2, 0.25) is 0 Å².